The van der Waals surface area contributed by atoms with Crippen LogP contribution in [-0.4, -0.2) is 0 Å². The van der Waals surface area contributed by atoms with Crippen molar-refractivity contribution in [3.05, 3.63) is 34.9 Å². The Morgan fingerprint density at radius 1 is 1.18 bits per heavy atom. The summed E-state index contributed by atoms with van der Waals surface area (Å²) in [6.45, 7) is 6.75. The van der Waals surface area contributed by atoms with Gasteiger partial charge in [0.25, 0.3) is 0 Å². The van der Waals surface area contributed by atoms with Gasteiger partial charge in [0.15, 0.2) is 0 Å². The molecule has 0 fully saturated rings. The highest BCUT2D eigenvalue weighted by molar-refractivity contribution is 5.53. The van der Waals surface area contributed by atoms with Crippen LogP contribution in [0, 0.1) is 6.92 Å². The molecule has 11 heavy (non-hydrogen) atoms. The van der Waals surface area contributed by atoms with Gasteiger partial charge in [-0.1, -0.05) is 32.0 Å². The largest absolute Gasteiger partial charge is 0.344 e. The molecule has 0 saturated carbocycles. The lowest BCUT2D eigenvalue weighted by atomic mass is 9.67. The molecule has 1 nitrogen and oxygen atoms in total. The van der Waals surface area contributed by atoms with Crippen LogP contribution < -0.4 is 6.15 Å². The van der Waals surface area contributed by atoms with Gasteiger partial charge in [-0.25, -0.2) is 0 Å². The summed E-state index contributed by atoms with van der Waals surface area (Å²) in [6, 6.07) is 6.72. The van der Waals surface area contributed by atoms with Crippen LogP contribution >= 0.6 is 0 Å². The van der Waals surface area contributed by atoms with E-state index >= 15 is 0 Å². The van der Waals surface area contributed by atoms with E-state index in [4.69, 9.17) is 0 Å². The minimum absolute atomic E-state index is 0. The van der Waals surface area contributed by atoms with Gasteiger partial charge >= 0.3 is 0 Å². The van der Waals surface area contributed by atoms with Crippen molar-refractivity contribution in [2.24, 2.45) is 0 Å². The summed E-state index contributed by atoms with van der Waals surface area (Å²) >= 11 is 0. The highest BCUT2D eigenvalue weighted by Crippen LogP contribution is 2.42. The molecule has 2 aliphatic carbocycles. The van der Waals surface area contributed by atoms with E-state index in [1.54, 1.807) is 0 Å². The summed E-state index contributed by atoms with van der Waals surface area (Å²) in [5, 5.41) is 0. The van der Waals surface area contributed by atoms with Crippen molar-refractivity contribution in [3.63, 3.8) is 0 Å². The quantitative estimate of drug-likeness (QED) is 0.604. The summed E-state index contributed by atoms with van der Waals surface area (Å²) in [5.74, 6) is 0. The van der Waals surface area contributed by atoms with Crippen LogP contribution in [0.25, 0.3) is 0 Å². The molecule has 1 heteroatoms. The fraction of sp³-hybridized carbons (Fsp3) is 0.400. The van der Waals surface area contributed by atoms with Crippen LogP contribution in [-0.2, 0) is 5.41 Å². The Balaban J connectivity index is 0.000000605. The fourth-order valence-electron chi connectivity index (χ4n) is 1.76. The number of aryl methyl sites for hydroxylation is 1. The lowest BCUT2D eigenvalue weighted by Crippen LogP contribution is -2.28. The molecule has 3 N–H and O–H groups in total. The van der Waals surface area contributed by atoms with Crippen LogP contribution in [0.5, 0.6) is 0 Å². The Morgan fingerprint density at radius 2 is 1.82 bits per heavy atom. The third-order valence-electron chi connectivity index (χ3n) is 2.63. The Labute approximate surface area is 68.0 Å². The molecule has 2 aliphatic rings. The van der Waals surface area contributed by atoms with Crippen molar-refractivity contribution in [1.82, 2.24) is 6.15 Å². The van der Waals surface area contributed by atoms with Gasteiger partial charge in [0.1, 0.15) is 0 Å². The molecule has 0 unspecified atom stereocenters. The predicted octanol–water partition coefficient (Wildman–Crippen LogP) is 2.80. The summed E-state index contributed by atoms with van der Waals surface area (Å²) in [6.07, 6.45) is 0. The molecule has 0 atom stereocenters. The van der Waals surface area contributed by atoms with Crippen molar-refractivity contribution >= 4 is 0 Å². The van der Waals surface area contributed by atoms with E-state index in [1.165, 1.54) is 16.7 Å². The summed E-state index contributed by atoms with van der Waals surface area (Å²) in [4.78, 5) is 0. The van der Waals surface area contributed by atoms with Gasteiger partial charge in [-0.15, -0.1) is 0 Å². The molecule has 0 heterocycles. The van der Waals surface area contributed by atoms with Gasteiger partial charge in [-0.2, -0.15) is 0 Å². The monoisotopic (exact) mass is 149 g/mol. The lowest BCUT2D eigenvalue weighted by molar-refractivity contribution is 0.589. The van der Waals surface area contributed by atoms with Crippen LogP contribution in [0.1, 0.15) is 30.5 Å². The highest BCUT2D eigenvalue weighted by Gasteiger charge is 2.32. The Morgan fingerprint density at radius 3 is 2.09 bits per heavy atom. The molecule has 0 saturated heterocycles. The first-order valence-corrected chi connectivity index (χ1v) is 3.74. The maximum atomic E-state index is 2.29. The van der Waals surface area contributed by atoms with Gasteiger partial charge in [-0.3, -0.25) is 0 Å². The molecule has 0 aliphatic heterocycles. The van der Waals surface area contributed by atoms with Gasteiger partial charge < -0.3 is 6.15 Å². The molecule has 2 bridgehead atoms. The highest BCUT2D eigenvalue weighted by atomic mass is 14.4. The van der Waals surface area contributed by atoms with E-state index in [0.717, 1.165) is 0 Å². The van der Waals surface area contributed by atoms with E-state index in [0.29, 0.717) is 5.41 Å². The lowest BCUT2D eigenvalue weighted by Gasteiger charge is -2.37. The minimum Gasteiger partial charge on any atom is -0.344 e. The molecular weight excluding hydrogens is 134 g/mol. The fourth-order valence-corrected chi connectivity index (χ4v) is 1.76. The zero-order valence-electron chi connectivity index (χ0n) is 7.44. The Kier molecular flexibility index (Phi) is 1.57. The van der Waals surface area contributed by atoms with E-state index < -0.39 is 0 Å². The van der Waals surface area contributed by atoms with Crippen LogP contribution in [0.2, 0.25) is 0 Å². The number of rotatable bonds is 0. The molecule has 60 valence electrons. The number of hydrogen-bond donors (Lipinski definition) is 1. The Hall–Kier alpha value is -0.820. The summed E-state index contributed by atoms with van der Waals surface area (Å²) < 4.78 is 0. The van der Waals surface area contributed by atoms with Crippen molar-refractivity contribution in [1.29, 1.82) is 0 Å². The van der Waals surface area contributed by atoms with E-state index in [-0.39, 0.29) is 6.15 Å². The van der Waals surface area contributed by atoms with E-state index in [2.05, 4.69) is 39.0 Å². The molecular formula is C10H15N. The maximum Gasteiger partial charge on any atom is 0.0149 e. The predicted molar refractivity (Wildman–Crippen MR) is 48.3 cm³/mol. The SMILES string of the molecule is Cc1ccc2cc1C2(C)C.N. The minimum atomic E-state index is 0. The second-order valence-corrected chi connectivity index (χ2v) is 3.65. The molecule has 1 aromatic carbocycles. The molecule has 3 rings (SSSR count). The van der Waals surface area contributed by atoms with Gasteiger partial charge in [-0.05, 0) is 23.6 Å². The molecule has 0 amide bonds. The van der Waals surface area contributed by atoms with Gasteiger partial charge in [0, 0.05) is 5.41 Å². The second-order valence-electron chi connectivity index (χ2n) is 3.65. The number of fused-ring (bicyclic) bond motifs is 2. The normalized spacial score (nSPS) is 16.6. The van der Waals surface area contributed by atoms with Crippen molar-refractivity contribution in [2.45, 2.75) is 26.2 Å². The van der Waals surface area contributed by atoms with Crippen LogP contribution in [0.15, 0.2) is 18.2 Å². The maximum absolute atomic E-state index is 2.29. The topological polar surface area (TPSA) is 35.0 Å². The third kappa shape index (κ3) is 0.809. The summed E-state index contributed by atoms with van der Waals surface area (Å²) in [5.41, 5.74) is 4.79. The Bertz CT molecular complexity index is 283. The van der Waals surface area contributed by atoms with Crippen LogP contribution in [0.3, 0.4) is 0 Å². The third-order valence-corrected chi connectivity index (χ3v) is 2.63. The van der Waals surface area contributed by atoms with Gasteiger partial charge in [0.05, 0.1) is 0 Å². The summed E-state index contributed by atoms with van der Waals surface area (Å²) in [7, 11) is 0. The first-order chi connectivity index (χ1) is 4.62. The molecule has 0 aromatic heterocycles. The van der Waals surface area contributed by atoms with Crippen molar-refractivity contribution < 1.29 is 0 Å². The number of hydrogen-bond acceptors (Lipinski definition) is 1. The average Bonchev–Trinajstić information content (AvgIpc) is 1.87. The molecule has 0 spiro atoms. The zero-order valence-corrected chi connectivity index (χ0v) is 7.44. The smallest absolute Gasteiger partial charge is 0.0149 e. The van der Waals surface area contributed by atoms with E-state index in [1.807, 2.05) is 0 Å². The molecule has 1 aromatic rings. The zero-order chi connectivity index (χ0) is 7.35. The second kappa shape index (κ2) is 2.08. The average molecular weight is 149 g/mol. The van der Waals surface area contributed by atoms with Crippen molar-refractivity contribution in [3.8, 4) is 0 Å². The number of benzene rings is 1. The first kappa shape index (κ1) is 8.28. The standard InChI is InChI=1S/C10H12.H3N/c1-7-4-5-8-6-9(7)10(8,2)3;/h4-6H,1-3H3;1H3. The first-order valence-electron chi connectivity index (χ1n) is 3.74. The van der Waals surface area contributed by atoms with E-state index in [9.17, 15) is 0 Å². The van der Waals surface area contributed by atoms with Crippen LogP contribution in [0.4, 0.5) is 0 Å². The van der Waals surface area contributed by atoms with Gasteiger partial charge in [0.2, 0.25) is 0 Å². The van der Waals surface area contributed by atoms with Crippen molar-refractivity contribution in [2.75, 3.05) is 0 Å². The molecule has 0 radical (unpaired) electrons.